The van der Waals surface area contributed by atoms with Gasteiger partial charge in [0.15, 0.2) is 11.9 Å². The van der Waals surface area contributed by atoms with E-state index in [1.54, 1.807) is 18.5 Å². The van der Waals surface area contributed by atoms with E-state index in [-0.39, 0.29) is 24.9 Å². The van der Waals surface area contributed by atoms with Crippen molar-refractivity contribution in [1.29, 1.82) is 0 Å². The van der Waals surface area contributed by atoms with Gasteiger partial charge < -0.3 is 23.9 Å². The average molecular weight is 458 g/mol. The van der Waals surface area contributed by atoms with Crippen molar-refractivity contribution in [3.8, 4) is 11.5 Å². The highest BCUT2D eigenvalue weighted by atomic mass is 16.6. The molecule has 6 rings (SSSR count). The Morgan fingerprint density at radius 2 is 1.85 bits per heavy atom. The number of hydrogen-bond acceptors (Lipinski definition) is 8. The van der Waals surface area contributed by atoms with Crippen LogP contribution in [0.3, 0.4) is 0 Å². The van der Waals surface area contributed by atoms with Crippen LogP contribution in [-0.2, 0) is 14.2 Å². The van der Waals surface area contributed by atoms with Crippen LogP contribution in [0.4, 0.5) is 16.4 Å². The van der Waals surface area contributed by atoms with E-state index in [0.717, 1.165) is 10.8 Å². The first-order valence-corrected chi connectivity index (χ1v) is 11.1. The molecule has 2 aliphatic rings. The lowest BCUT2D eigenvalue weighted by atomic mass is 10.1. The lowest BCUT2D eigenvalue weighted by Gasteiger charge is -2.18. The number of carbonyl (C=O) groups excluding carboxylic acids is 1. The van der Waals surface area contributed by atoms with Gasteiger partial charge in [-0.1, -0.05) is 36.4 Å². The van der Waals surface area contributed by atoms with Gasteiger partial charge in [-0.15, -0.1) is 0 Å². The van der Waals surface area contributed by atoms with Gasteiger partial charge in [0, 0.05) is 11.6 Å². The molecule has 2 fully saturated rings. The van der Waals surface area contributed by atoms with Crippen molar-refractivity contribution >= 4 is 28.5 Å². The molecule has 34 heavy (non-hydrogen) atoms. The fourth-order valence-electron chi connectivity index (χ4n) is 4.46. The highest BCUT2D eigenvalue weighted by Crippen LogP contribution is 2.31. The van der Waals surface area contributed by atoms with Crippen molar-refractivity contribution in [2.45, 2.75) is 24.4 Å². The fourth-order valence-corrected chi connectivity index (χ4v) is 4.46. The van der Waals surface area contributed by atoms with Gasteiger partial charge in [-0.25, -0.2) is 14.8 Å². The Hall–Kier alpha value is -3.95. The Kier molecular flexibility index (Phi) is 5.32. The van der Waals surface area contributed by atoms with Crippen LogP contribution in [0.15, 0.2) is 77.5 Å². The minimum absolute atomic E-state index is 0.174. The molecule has 4 aromatic rings. The molecule has 172 valence electrons. The number of aromatic nitrogens is 2. The maximum absolute atomic E-state index is 12.6. The van der Waals surface area contributed by atoms with Crippen LogP contribution in [0.2, 0.25) is 0 Å². The number of ether oxygens (including phenoxy) is 3. The number of anilines is 2. The third-order valence-corrected chi connectivity index (χ3v) is 6.04. The number of benzene rings is 2. The molecule has 2 N–H and O–H groups in total. The molecule has 2 aliphatic heterocycles. The van der Waals surface area contributed by atoms with Gasteiger partial charge in [-0.3, -0.25) is 5.32 Å². The van der Waals surface area contributed by atoms with E-state index in [2.05, 4.69) is 20.6 Å². The molecule has 9 heteroatoms. The Bertz CT molecular complexity index is 1310. The van der Waals surface area contributed by atoms with Gasteiger partial charge in [-0.2, -0.15) is 0 Å². The molecule has 2 aromatic heterocycles. The fraction of sp³-hybridized carbons (Fsp3) is 0.240. The van der Waals surface area contributed by atoms with E-state index >= 15 is 0 Å². The van der Waals surface area contributed by atoms with Crippen LogP contribution in [0.1, 0.15) is 0 Å². The highest BCUT2D eigenvalue weighted by Gasteiger charge is 2.49. The third-order valence-electron chi connectivity index (χ3n) is 6.04. The standard InChI is InChI=1S/C25H22N4O5/c30-25(29-17-8-3-6-15-5-1-2-7-16(15)17)34-21-14-33-22-19(13-32-23(21)22)28-24-26-11-10-18(27-24)20-9-4-12-31-20/h1-12,19,21-23H,13-14H2,(H,29,30)(H,26,27,28). The molecule has 0 aliphatic carbocycles. The Balaban J connectivity index is 1.09. The monoisotopic (exact) mass is 458 g/mol. The maximum atomic E-state index is 12.6. The van der Waals surface area contributed by atoms with Crippen molar-refractivity contribution < 1.29 is 23.4 Å². The van der Waals surface area contributed by atoms with Crippen molar-refractivity contribution in [2.75, 3.05) is 23.8 Å². The second kappa shape index (κ2) is 8.77. The summed E-state index contributed by atoms with van der Waals surface area (Å²) in [5.41, 5.74) is 1.37. The number of hydrogen-bond donors (Lipinski definition) is 2. The largest absolute Gasteiger partial charge is 0.463 e. The van der Waals surface area contributed by atoms with Crippen molar-refractivity contribution in [1.82, 2.24) is 9.97 Å². The molecule has 0 bridgehead atoms. The molecule has 0 spiro atoms. The van der Waals surface area contributed by atoms with Crippen molar-refractivity contribution in [3.05, 3.63) is 73.1 Å². The van der Waals surface area contributed by atoms with Crippen molar-refractivity contribution in [3.63, 3.8) is 0 Å². The Labute approximate surface area is 195 Å². The molecule has 2 saturated heterocycles. The van der Waals surface area contributed by atoms with Gasteiger partial charge in [0.25, 0.3) is 0 Å². The highest BCUT2D eigenvalue weighted by molar-refractivity contribution is 6.00. The van der Waals surface area contributed by atoms with Crippen LogP contribution in [0, 0.1) is 0 Å². The zero-order chi connectivity index (χ0) is 22.9. The first-order chi connectivity index (χ1) is 16.7. The number of rotatable bonds is 5. The first kappa shape index (κ1) is 20.6. The Morgan fingerprint density at radius 3 is 2.76 bits per heavy atom. The molecule has 0 saturated carbocycles. The molecule has 9 nitrogen and oxygen atoms in total. The zero-order valence-corrected chi connectivity index (χ0v) is 18.1. The predicted octanol–water partition coefficient (Wildman–Crippen LogP) is 4.09. The van der Waals surface area contributed by atoms with Gasteiger partial charge in [0.05, 0.1) is 31.2 Å². The molecule has 4 heterocycles. The van der Waals surface area contributed by atoms with Gasteiger partial charge >= 0.3 is 6.09 Å². The first-order valence-electron chi connectivity index (χ1n) is 11.1. The van der Waals surface area contributed by atoms with Crippen LogP contribution in [-0.4, -0.2) is 53.6 Å². The SMILES string of the molecule is O=C(Nc1cccc2ccccc12)OC1COC2C(Nc3nccc(-c4ccco4)n3)COC12. The number of nitrogens with one attached hydrogen (secondary N) is 2. The Morgan fingerprint density at radius 1 is 0.971 bits per heavy atom. The molecule has 4 unspecified atom stereocenters. The van der Waals surface area contributed by atoms with E-state index in [1.807, 2.05) is 54.6 Å². The van der Waals surface area contributed by atoms with Crippen LogP contribution in [0.25, 0.3) is 22.2 Å². The lowest BCUT2D eigenvalue weighted by Crippen LogP contribution is -2.38. The number of carbonyl (C=O) groups is 1. The van der Waals surface area contributed by atoms with Crippen LogP contribution in [0.5, 0.6) is 0 Å². The molecule has 2 aromatic carbocycles. The van der Waals surface area contributed by atoms with Gasteiger partial charge in [-0.05, 0) is 29.7 Å². The summed E-state index contributed by atoms with van der Waals surface area (Å²) >= 11 is 0. The topological polar surface area (TPSA) is 108 Å². The summed E-state index contributed by atoms with van der Waals surface area (Å²) in [6.07, 6.45) is 1.56. The minimum atomic E-state index is -0.542. The molecule has 0 radical (unpaired) electrons. The smallest absolute Gasteiger partial charge is 0.412 e. The van der Waals surface area contributed by atoms with E-state index in [0.29, 0.717) is 29.7 Å². The average Bonchev–Trinajstić information content (AvgIpc) is 3.60. The maximum Gasteiger partial charge on any atom is 0.412 e. The normalized spacial score (nSPS) is 23.5. The van der Waals surface area contributed by atoms with Crippen molar-refractivity contribution in [2.24, 2.45) is 0 Å². The summed E-state index contributed by atoms with van der Waals surface area (Å²) in [6, 6.07) is 18.8. The number of nitrogens with zero attached hydrogens (tertiary/aromatic N) is 2. The summed E-state index contributed by atoms with van der Waals surface area (Å²) in [4.78, 5) is 21.4. The van der Waals surface area contributed by atoms with Gasteiger partial charge in [0.1, 0.15) is 17.9 Å². The molecule has 4 atom stereocenters. The van der Waals surface area contributed by atoms with Crippen LogP contribution < -0.4 is 10.6 Å². The molecular weight excluding hydrogens is 436 g/mol. The number of amides is 1. The second-order valence-corrected chi connectivity index (χ2v) is 8.18. The molecular formula is C25H22N4O5. The molecule has 1 amide bonds. The summed E-state index contributed by atoms with van der Waals surface area (Å²) in [7, 11) is 0. The number of furan rings is 1. The van der Waals surface area contributed by atoms with E-state index in [9.17, 15) is 4.79 Å². The number of fused-ring (bicyclic) bond motifs is 2. The van der Waals surface area contributed by atoms with Gasteiger partial charge in [0.2, 0.25) is 5.95 Å². The predicted molar refractivity (Wildman–Crippen MR) is 124 cm³/mol. The summed E-state index contributed by atoms with van der Waals surface area (Å²) in [5, 5.41) is 8.11. The van der Waals surface area contributed by atoms with E-state index in [4.69, 9.17) is 18.6 Å². The zero-order valence-electron chi connectivity index (χ0n) is 18.1. The summed E-state index contributed by atoms with van der Waals surface area (Å²) < 4.78 is 22.9. The minimum Gasteiger partial charge on any atom is -0.463 e. The lowest BCUT2D eigenvalue weighted by molar-refractivity contribution is 0.00917. The second-order valence-electron chi connectivity index (χ2n) is 8.18. The quantitative estimate of drug-likeness (QED) is 0.461. The summed E-state index contributed by atoms with van der Waals surface area (Å²) in [6.45, 7) is 0.637. The third kappa shape index (κ3) is 3.95. The van der Waals surface area contributed by atoms with Crippen LogP contribution >= 0.6 is 0 Å². The summed E-state index contributed by atoms with van der Waals surface area (Å²) in [5.74, 6) is 1.11. The van der Waals surface area contributed by atoms with E-state index in [1.165, 1.54) is 0 Å². The van der Waals surface area contributed by atoms with E-state index < -0.39 is 12.2 Å².